The molecule has 3 rings (SSSR count). The Bertz CT molecular complexity index is 880. The molecule has 0 bridgehead atoms. The van der Waals surface area contributed by atoms with Gasteiger partial charge in [0.05, 0.1) is 10.9 Å². The van der Waals surface area contributed by atoms with Crippen molar-refractivity contribution in [1.29, 1.82) is 0 Å². The molecule has 3 heterocycles. The Balaban J connectivity index is 0.00000156. The van der Waals surface area contributed by atoms with Crippen molar-refractivity contribution in [3.63, 3.8) is 0 Å². The van der Waals surface area contributed by atoms with Gasteiger partial charge in [0.25, 0.3) is 11.5 Å². The Hall–Kier alpha value is -1.90. The summed E-state index contributed by atoms with van der Waals surface area (Å²) in [6, 6.07) is 1.49. The maximum atomic E-state index is 12.5. The highest BCUT2D eigenvalue weighted by atomic mass is 35.5. The Kier molecular flexibility index (Phi) is 7.16. The van der Waals surface area contributed by atoms with E-state index in [1.165, 1.54) is 16.8 Å². The van der Waals surface area contributed by atoms with Crippen LogP contribution in [0.2, 0.25) is 0 Å². The van der Waals surface area contributed by atoms with Crippen molar-refractivity contribution < 1.29 is 4.79 Å². The van der Waals surface area contributed by atoms with Gasteiger partial charge in [0.15, 0.2) is 0 Å². The number of carbonyl (C=O) groups is 1. The molecule has 0 spiro atoms. The normalized spacial score (nSPS) is 16.4. The first-order chi connectivity index (χ1) is 11.0. The number of hydrogen-bond acceptors (Lipinski definition) is 5. The summed E-state index contributed by atoms with van der Waals surface area (Å²) in [4.78, 5) is 44.5. The SMILES string of the molecule is CCCn1c(=O)[nH]c(=O)c2cc(C(=O)N3CC[C@@H](N)C3)cnc21.Cl.Cl. The van der Waals surface area contributed by atoms with Crippen molar-refractivity contribution >= 4 is 41.8 Å². The van der Waals surface area contributed by atoms with E-state index in [9.17, 15) is 14.4 Å². The molecule has 3 N–H and O–H groups in total. The zero-order valence-corrected chi connectivity index (χ0v) is 15.4. The Morgan fingerprint density at radius 3 is 2.72 bits per heavy atom. The van der Waals surface area contributed by atoms with Crippen LogP contribution < -0.4 is 17.0 Å². The number of aromatic nitrogens is 3. The average molecular weight is 390 g/mol. The van der Waals surface area contributed by atoms with E-state index in [2.05, 4.69) is 9.97 Å². The number of amides is 1. The lowest BCUT2D eigenvalue weighted by atomic mass is 10.2. The molecule has 8 nitrogen and oxygen atoms in total. The maximum absolute atomic E-state index is 12.5. The summed E-state index contributed by atoms with van der Waals surface area (Å²) in [5.41, 5.74) is 5.44. The summed E-state index contributed by atoms with van der Waals surface area (Å²) in [6.07, 6.45) is 2.91. The molecule has 1 aliphatic rings. The van der Waals surface area contributed by atoms with Gasteiger partial charge in [0.1, 0.15) is 5.65 Å². The highest BCUT2D eigenvalue weighted by Gasteiger charge is 2.25. The lowest BCUT2D eigenvalue weighted by Crippen LogP contribution is -2.33. The monoisotopic (exact) mass is 389 g/mol. The van der Waals surface area contributed by atoms with E-state index in [4.69, 9.17) is 5.73 Å². The third kappa shape index (κ3) is 4.02. The van der Waals surface area contributed by atoms with Crippen molar-refractivity contribution in [2.45, 2.75) is 32.4 Å². The second-order valence-electron chi connectivity index (χ2n) is 5.81. The van der Waals surface area contributed by atoms with Gasteiger partial charge in [-0.3, -0.25) is 19.1 Å². The third-order valence-electron chi connectivity index (χ3n) is 4.04. The molecular weight excluding hydrogens is 369 g/mol. The summed E-state index contributed by atoms with van der Waals surface area (Å²) < 4.78 is 1.41. The smallest absolute Gasteiger partial charge is 0.329 e. The molecule has 10 heteroatoms. The number of rotatable bonds is 3. The molecule has 0 unspecified atom stereocenters. The number of nitrogens with one attached hydrogen (secondary N) is 1. The van der Waals surface area contributed by atoms with Crippen LogP contribution >= 0.6 is 24.8 Å². The highest BCUT2D eigenvalue weighted by Crippen LogP contribution is 2.14. The standard InChI is InChI=1S/C15H19N5O3.2ClH/c1-2-4-20-12-11(13(21)18-15(20)23)6-9(7-17-12)14(22)19-5-3-10(16)8-19;;/h6-7,10H,2-5,8,16H2,1H3,(H,18,21,23);2*1H/t10-;;/m1../s1. The topological polar surface area (TPSA) is 114 Å². The van der Waals surface area contributed by atoms with Gasteiger partial charge in [0, 0.05) is 31.9 Å². The number of H-pyrrole nitrogens is 1. The Labute approximate surface area is 156 Å². The molecule has 0 aliphatic carbocycles. The van der Waals surface area contributed by atoms with Gasteiger partial charge in [0.2, 0.25) is 0 Å². The fraction of sp³-hybridized carbons (Fsp3) is 0.467. The number of aryl methyl sites for hydroxylation is 1. The molecule has 138 valence electrons. The van der Waals surface area contributed by atoms with Crippen LogP contribution in [0.15, 0.2) is 21.9 Å². The molecule has 1 aliphatic heterocycles. The first-order valence-electron chi connectivity index (χ1n) is 7.69. The number of carbonyl (C=O) groups excluding carboxylic acids is 1. The number of halogens is 2. The number of nitrogens with zero attached hydrogens (tertiary/aromatic N) is 3. The molecule has 1 saturated heterocycles. The van der Waals surface area contributed by atoms with E-state index in [0.29, 0.717) is 30.8 Å². The van der Waals surface area contributed by atoms with Crippen LogP contribution in [-0.4, -0.2) is 44.5 Å². The van der Waals surface area contributed by atoms with Crippen LogP contribution in [0.5, 0.6) is 0 Å². The lowest BCUT2D eigenvalue weighted by molar-refractivity contribution is 0.0790. The maximum Gasteiger partial charge on any atom is 0.329 e. The first-order valence-corrected chi connectivity index (χ1v) is 7.69. The molecule has 2 aromatic rings. The average Bonchev–Trinajstić information content (AvgIpc) is 2.97. The van der Waals surface area contributed by atoms with Crippen molar-refractivity contribution in [1.82, 2.24) is 19.4 Å². The highest BCUT2D eigenvalue weighted by molar-refractivity contribution is 5.96. The summed E-state index contributed by atoms with van der Waals surface area (Å²) >= 11 is 0. The van der Waals surface area contributed by atoms with Crippen LogP contribution in [0.25, 0.3) is 11.0 Å². The molecule has 1 amide bonds. The van der Waals surface area contributed by atoms with Crippen LogP contribution in [0.1, 0.15) is 30.1 Å². The fourth-order valence-corrected chi connectivity index (χ4v) is 2.87. The Morgan fingerprint density at radius 1 is 1.40 bits per heavy atom. The molecular formula is C15H21Cl2N5O3. The number of hydrogen-bond donors (Lipinski definition) is 2. The van der Waals surface area contributed by atoms with Crippen LogP contribution in [0.4, 0.5) is 0 Å². The molecule has 1 atom stereocenters. The van der Waals surface area contributed by atoms with Crippen molar-refractivity contribution in [3.05, 3.63) is 38.7 Å². The predicted molar refractivity (Wildman–Crippen MR) is 99.9 cm³/mol. The van der Waals surface area contributed by atoms with Gasteiger partial charge in [-0.1, -0.05) is 6.92 Å². The Morgan fingerprint density at radius 2 is 2.12 bits per heavy atom. The molecule has 25 heavy (non-hydrogen) atoms. The summed E-state index contributed by atoms with van der Waals surface area (Å²) in [6.45, 7) is 3.48. The van der Waals surface area contributed by atoms with Gasteiger partial charge in [-0.25, -0.2) is 9.78 Å². The van der Waals surface area contributed by atoms with E-state index >= 15 is 0 Å². The lowest BCUT2D eigenvalue weighted by Gasteiger charge is -2.16. The second-order valence-corrected chi connectivity index (χ2v) is 5.81. The number of aromatic amines is 1. The van der Waals surface area contributed by atoms with Crippen LogP contribution in [-0.2, 0) is 6.54 Å². The zero-order valence-electron chi connectivity index (χ0n) is 13.7. The summed E-state index contributed by atoms with van der Waals surface area (Å²) in [5, 5.41) is 0.243. The van der Waals surface area contributed by atoms with Crippen molar-refractivity contribution in [2.75, 3.05) is 13.1 Å². The van der Waals surface area contributed by atoms with E-state index in [1.807, 2.05) is 6.92 Å². The first kappa shape index (κ1) is 21.1. The minimum absolute atomic E-state index is 0. The molecule has 1 fully saturated rings. The summed E-state index contributed by atoms with van der Waals surface area (Å²) in [7, 11) is 0. The quantitative estimate of drug-likeness (QED) is 0.793. The van der Waals surface area contributed by atoms with Gasteiger partial charge >= 0.3 is 5.69 Å². The predicted octanol–water partition coefficient (Wildman–Crippen LogP) is 0.512. The number of fused-ring (bicyclic) bond motifs is 1. The number of nitrogens with two attached hydrogens (primary N) is 1. The molecule has 2 aromatic heterocycles. The van der Waals surface area contributed by atoms with Crippen LogP contribution in [0.3, 0.4) is 0 Å². The fourth-order valence-electron chi connectivity index (χ4n) is 2.87. The number of likely N-dealkylation sites (tertiary alicyclic amines) is 1. The van der Waals surface area contributed by atoms with Gasteiger partial charge < -0.3 is 10.6 Å². The van der Waals surface area contributed by atoms with E-state index in [1.54, 1.807) is 4.90 Å². The molecule has 0 aromatic carbocycles. The van der Waals surface area contributed by atoms with Crippen molar-refractivity contribution in [2.24, 2.45) is 5.73 Å². The van der Waals surface area contributed by atoms with E-state index < -0.39 is 11.2 Å². The zero-order chi connectivity index (χ0) is 16.6. The van der Waals surface area contributed by atoms with Crippen molar-refractivity contribution in [3.8, 4) is 0 Å². The van der Waals surface area contributed by atoms with Gasteiger partial charge in [-0.05, 0) is 18.9 Å². The number of pyridine rings is 1. The van der Waals surface area contributed by atoms with Gasteiger partial charge in [-0.15, -0.1) is 24.8 Å². The van der Waals surface area contributed by atoms with Crippen LogP contribution in [0, 0.1) is 0 Å². The largest absolute Gasteiger partial charge is 0.337 e. The minimum atomic E-state index is -0.530. The van der Waals surface area contributed by atoms with Gasteiger partial charge in [-0.2, -0.15) is 0 Å². The van der Waals surface area contributed by atoms with E-state index in [-0.39, 0.29) is 42.1 Å². The minimum Gasteiger partial charge on any atom is -0.337 e. The third-order valence-corrected chi connectivity index (χ3v) is 4.04. The van der Waals surface area contributed by atoms with E-state index in [0.717, 1.165) is 12.8 Å². The summed E-state index contributed by atoms with van der Waals surface area (Å²) in [5.74, 6) is -0.194. The molecule has 0 saturated carbocycles. The molecule has 0 radical (unpaired) electrons. The second kappa shape index (κ2) is 8.46.